The van der Waals surface area contributed by atoms with Gasteiger partial charge in [0, 0.05) is 11.5 Å². The second-order valence-corrected chi connectivity index (χ2v) is 7.13. The zero-order valence-corrected chi connectivity index (χ0v) is 17.8. The van der Waals surface area contributed by atoms with Crippen LogP contribution in [0.5, 0.6) is 11.5 Å². The molecule has 0 bridgehead atoms. The average molecular weight is 447 g/mol. The zero-order valence-electron chi connectivity index (χ0n) is 17.8. The predicted octanol–water partition coefficient (Wildman–Crippen LogP) is 3.86. The van der Waals surface area contributed by atoms with E-state index in [1.807, 2.05) is 25.1 Å². The van der Waals surface area contributed by atoms with Crippen LogP contribution < -0.4 is 20.4 Å². The second-order valence-electron chi connectivity index (χ2n) is 7.13. The van der Waals surface area contributed by atoms with E-state index in [4.69, 9.17) is 18.3 Å². The first-order valence-corrected chi connectivity index (χ1v) is 10.3. The Labute approximate surface area is 188 Å². The molecule has 2 aromatic carbocycles. The van der Waals surface area contributed by atoms with Crippen LogP contribution in [-0.2, 0) is 17.8 Å². The molecule has 0 aliphatic carbocycles. The van der Waals surface area contributed by atoms with E-state index >= 15 is 0 Å². The molecule has 0 spiro atoms. The third-order valence-electron chi connectivity index (χ3n) is 4.89. The number of hydrogen-bond donors (Lipinski definition) is 1. The number of nitrogens with one attached hydrogen (secondary N) is 1. The molecule has 2 heterocycles. The Hall–Kier alpha value is -4.33. The monoisotopic (exact) mass is 447 g/mol. The van der Waals surface area contributed by atoms with Crippen LogP contribution in [0.3, 0.4) is 0 Å². The van der Waals surface area contributed by atoms with Crippen molar-refractivity contribution in [3.63, 3.8) is 0 Å². The van der Waals surface area contributed by atoms with E-state index in [0.29, 0.717) is 16.9 Å². The maximum absolute atomic E-state index is 12.4. The van der Waals surface area contributed by atoms with Crippen molar-refractivity contribution in [3.8, 4) is 11.5 Å². The predicted molar refractivity (Wildman–Crippen MR) is 119 cm³/mol. The van der Waals surface area contributed by atoms with Crippen molar-refractivity contribution in [2.45, 2.75) is 19.9 Å². The smallest absolute Gasteiger partial charge is 0.349 e. The van der Waals surface area contributed by atoms with Crippen LogP contribution in [0, 0.1) is 0 Å². The van der Waals surface area contributed by atoms with Crippen molar-refractivity contribution in [2.75, 3.05) is 6.61 Å². The lowest BCUT2D eigenvalue weighted by Crippen LogP contribution is -2.27. The van der Waals surface area contributed by atoms with Crippen molar-refractivity contribution in [3.05, 3.63) is 94.2 Å². The number of ether oxygens (including phenoxy) is 2. The van der Waals surface area contributed by atoms with Crippen LogP contribution in [0.25, 0.3) is 11.0 Å². The molecule has 1 N–H and O–H groups in total. The largest absolute Gasteiger partial charge is 0.482 e. The van der Waals surface area contributed by atoms with Gasteiger partial charge < -0.3 is 23.6 Å². The maximum atomic E-state index is 12.4. The Bertz CT molecular complexity index is 1340. The van der Waals surface area contributed by atoms with Crippen LogP contribution in [0.4, 0.5) is 0 Å². The lowest BCUT2D eigenvalue weighted by molar-refractivity contribution is -0.136. The number of fused-ring (bicyclic) bond motifs is 1. The molecular weight excluding hydrogens is 426 g/mol. The van der Waals surface area contributed by atoms with Gasteiger partial charge in [-0.1, -0.05) is 25.1 Å². The van der Waals surface area contributed by atoms with Crippen molar-refractivity contribution < 1.29 is 27.9 Å². The lowest BCUT2D eigenvalue weighted by Gasteiger charge is -2.10. The summed E-state index contributed by atoms with van der Waals surface area (Å²) in [4.78, 5) is 36.9. The quantitative estimate of drug-likeness (QED) is 0.248. The highest BCUT2D eigenvalue weighted by Crippen LogP contribution is 2.22. The van der Waals surface area contributed by atoms with Gasteiger partial charge in [-0.25, -0.2) is 9.59 Å². The fraction of sp³-hybridized carbons (Fsp3) is 0.160. The summed E-state index contributed by atoms with van der Waals surface area (Å²) in [6.45, 7) is 1.87. The number of para-hydroxylation sites is 1. The van der Waals surface area contributed by atoms with E-state index < -0.39 is 17.5 Å². The number of rotatable bonds is 8. The van der Waals surface area contributed by atoms with E-state index in [1.54, 1.807) is 30.3 Å². The first kappa shape index (κ1) is 21.9. The van der Waals surface area contributed by atoms with Crippen LogP contribution in [0.1, 0.15) is 28.6 Å². The lowest BCUT2D eigenvalue weighted by atomic mass is 10.1. The molecule has 0 saturated carbocycles. The molecule has 0 aliphatic heterocycles. The Morgan fingerprint density at radius 2 is 1.88 bits per heavy atom. The van der Waals surface area contributed by atoms with Gasteiger partial charge in [-0.3, -0.25) is 4.79 Å². The molecule has 8 heteroatoms. The highest BCUT2D eigenvalue weighted by Gasteiger charge is 2.15. The summed E-state index contributed by atoms with van der Waals surface area (Å²) in [5.74, 6) is 0.193. The Kier molecular flexibility index (Phi) is 6.54. The van der Waals surface area contributed by atoms with Gasteiger partial charge in [0.15, 0.2) is 6.61 Å². The fourth-order valence-corrected chi connectivity index (χ4v) is 3.22. The molecule has 4 aromatic rings. The van der Waals surface area contributed by atoms with Crippen molar-refractivity contribution in [1.29, 1.82) is 0 Å². The van der Waals surface area contributed by atoms with Gasteiger partial charge in [-0.05, 0) is 48.4 Å². The molecule has 33 heavy (non-hydrogen) atoms. The molecule has 2 aromatic heterocycles. The standard InChI is InChI=1S/C25H21NO7/c1-2-16-6-3-4-8-21(16)31-15-23(27)32-18-10-9-17-12-20(25(29)33-22(17)13-18)24(28)26-14-19-7-5-11-30-19/h3-13H,2,14-15H2,1H3,(H,26,28). The van der Waals surface area contributed by atoms with E-state index in [9.17, 15) is 14.4 Å². The molecule has 1 amide bonds. The average Bonchev–Trinajstić information content (AvgIpc) is 3.34. The highest BCUT2D eigenvalue weighted by atomic mass is 16.6. The molecular formula is C25H21NO7. The first-order chi connectivity index (χ1) is 16.0. The van der Waals surface area contributed by atoms with Gasteiger partial charge in [0.1, 0.15) is 28.4 Å². The summed E-state index contributed by atoms with van der Waals surface area (Å²) in [6, 6.07) is 16.8. The van der Waals surface area contributed by atoms with Crippen molar-refractivity contribution in [1.82, 2.24) is 5.32 Å². The summed E-state index contributed by atoms with van der Waals surface area (Å²) in [6.07, 6.45) is 2.27. The summed E-state index contributed by atoms with van der Waals surface area (Å²) in [5, 5.41) is 3.11. The van der Waals surface area contributed by atoms with Gasteiger partial charge >= 0.3 is 11.6 Å². The van der Waals surface area contributed by atoms with Crippen molar-refractivity contribution in [2.24, 2.45) is 0 Å². The van der Waals surface area contributed by atoms with Crippen LogP contribution in [0.2, 0.25) is 0 Å². The minimum absolute atomic E-state index is 0.137. The molecule has 8 nitrogen and oxygen atoms in total. The topological polar surface area (TPSA) is 108 Å². The second kappa shape index (κ2) is 9.86. The highest BCUT2D eigenvalue weighted by molar-refractivity contribution is 5.96. The SMILES string of the molecule is CCc1ccccc1OCC(=O)Oc1ccc2cc(C(=O)NCc3ccco3)c(=O)oc2c1. The minimum Gasteiger partial charge on any atom is -0.482 e. The number of furan rings is 1. The normalized spacial score (nSPS) is 10.7. The minimum atomic E-state index is -0.803. The van der Waals surface area contributed by atoms with Gasteiger partial charge in [0.05, 0.1) is 12.8 Å². The number of hydrogen-bond acceptors (Lipinski definition) is 7. The molecule has 0 atom stereocenters. The van der Waals surface area contributed by atoms with Crippen LogP contribution >= 0.6 is 0 Å². The van der Waals surface area contributed by atoms with Gasteiger partial charge in [-0.2, -0.15) is 0 Å². The zero-order chi connectivity index (χ0) is 23.2. The maximum Gasteiger partial charge on any atom is 0.349 e. The molecule has 168 valence electrons. The number of aryl methyl sites for hydroxylation is 1. The number of amides is 1. The van der Waals surface area contributed by atoms with Gasteiger partial charge in [0.2, 0.25) is 0 Å². The summed E-state index contributed by atoms with van der Waals surface area (Å²) < 4.78 is 21.3. The van der Waals surface area contributed by atoms with E-state index in [1.165, 1.54) is 18.4 Å². The third-order valence-corrected chi connectivity index (χ3v) is 4.89. The fourth-order valence-electron chi connectivity index (χ4n) is 3.22. The Balaban J connectivity index is 1.42. The molecule has 0 saturated heterocycles. The Morgan fingerprint density at radius 1 is 1.03 bits per heavy atom. The summed E-state index contributed by atoms with van der Waals surface area (Å²) in [5.41, 5.74) is 0.233. The number of carbonyl (C=O) groups is 2. The van der Waals surface area contributed by atoms with E-state index in [-0.39, 0.29) is 30.0 Å². The molecule has 0 radical (unpaired) electrons. The van der Waals surface area contributed by atoms with Crippen LogP contribution in [0.15, 0.2) is 80.6 Å². The summed E-state index contributed by atoms with van der Waals surface area (Å²) >= 11 is 0. The third kappa shape index (κ3) is 5.30. The Morgan fingerprint density at radius 3 is 2.67 bits per heavy atom. The molecule has 0 aliphatic rings. The van der Waals surface area contributed by atoms with Crippen molar-refractivity contribution >= 4 is 22.8 Å². The van der Waals surface area contributed by atoms with Gasteiger partial charge in [0.25, 0.3) is 5.91 Å². The van der Waals surface area contributed by atoms with Crippen LogP contribution in [-0.4, -0.2) is 18.5 Å². The number of carbonyl (C=O) groups excluding carboxylic acids is 2. The summed E-state index contributed by atoms with van der Waals surface area (Å²) in [7, 11) is 0. The van der Waals surface area contributed by atoms with Gasteiger partial charge in [-0.15, -0.1) is 0 Å². The van der Waals surface area contributed by atoms with E-state index in [2.05, 4.69) is 5.32 Å². The molecule has 0 fully saturated rings. The molecule has 4 rings (SSSR count). The first-order valence-electron chi connectivity index (χ1n) is 10.3. The molecule has 0 unspecified atom stereocenters. The number of benzene rings is 2. The van der Waals surface area contributed by atoms with E-state index in [0.717, 1.165) is 12.0 Å². The number of esters is 1.